The SMILES string of the molecule is CC[C@H](C)c1ccc([C@H](NCC(=O)NC(=O)OC)C(C)C)cc1. The van der Waals surface area contributed by atoms with E-state index in [9.17, 15) is 9.59 Å². The van der Waals surface area contributed by atoms with Crippen molar-refractivity contribution in [2.45, 2.75) is 46.1 Å². The lowest BCUT2D eigenvalue weighted by atomic mass is 9.92. The Morgan fingerprint density at radius 2 is 1.65 bits per heavy atom. The van der Waals surface area contributed by atoms with Gasteiger partial charge < -0.3 is 10.1 Å². The first kappa shape index (κ1) is 19.2. The summed E-state index contributed by atoms with van der Waals surface area (Å²) in [5.41, 5.74) is 2.46. The van der Waals surface area contributed by atoms with Crippen LogP contribution in [0, 0.1) is 5.92 Å². The van der Waals surface area contributed by atoms with Crippen molar-refractivity contribution in [3.8, 4) is 0 Å². The number of hydrogen-bond donors (Lipinski definition) is 2. The molecular formula is C18H28N2O3. The van der Waals surface area contributed by atoms with Crippen LogP contribution < -0.4 is 10.6 Å². The fourth-order valence-electron chi connectivity index (χ4n) is 2.42. The zero-order valence-electron chi connectivity index (χ0n) is 14.7. The summed E-state index contributed by atoms with van der Waals surface area (Å²) in [5.74, 6) is 0.453. The van der Waals surface area contributed by atoms with Crippen LogP contribution in [-0.2, 0) is 9.53 Å². The van der Waals surface area contributed by atoms with E-state index in [1.807, 2.05) is 0 Å². The second-order valence-electron chi connectivity index (χ2n) is 6.12. The third-order valence-corrected chi connectivity index (χ3v) is 4.05. The monoisotopic (exact) mass is 320 g/mol. The number of carbonyl (C=O) groups excluding carboxylic acids is 2. The molecule has 0 aliphatic rings. The molecule has 0 unspecified atom stereocenters. The minimum atomic E-state index is -0.740. The molecule has 0 saturated heterocycles. The first-order valence-electron chi connectivity index (χ1n) is 8.10. The van der Waals surface area contributed by atoms with Gasteiger partial charge >= 0.3 is 6.09 Å². The minimum absolute atomic E-state index is 0.0457. The van der Waals surface area contributed by atoms with Crippen LogP contribution in [0.3, 0.4) is 0 Å². The van der Waals surface area contributed by atoms with Crippen LogP contribution in [-0.4, -0.2) is 25.7 Å². The largest absolute Gasteiger partial charge is 0.453 e. The van der Waals surface area contributed by atoms with Crippen molar-refractivity contribution in [3.63, 3.8) is 0 Å². The Kier molecular flexibility index (Phi) is 7.75. The molecule has 2 N–H and O–H groups in total. The topological polar surface area (TPSA) is 67.4 Å². The maximum Gasteiger partial charge on any atom is 0.413 e. The Morgan fingerprint density at radius 1 is 1.09 bits per heavy atom. The summed E-state index contributed by atoms with van der Waals surface area (Å²) in [4.78, 5) is 22.7. The zero-order valence-corrected chi connectivity index (χ0v) is 14.7. The van der Waals surface area contributed by atoms with E-state index in [0.29, 0.717) is 11.8 Å². The molecule has 1 aromatic rings. The predicted molar refractivity (Wildman–Crippen MR) is 91.3 cm³/mol. The van der Waals surface area contributed by atoms with Gasteiger partial charge in [-0.1, -0.05) is 52.0 Å². The predicted octanol–water partition coefficient (Wildman–Crippen LogP) is 3.37. The first-order chi connectivity index (χ1) is 10.9. The van der Waals surface area contributed by atoms with Crippen molar-refractivity contribution >= 4 is 12.0 Å². The molecule has 0 aliphatic carbocycles. The quantitative estimate of drug-likeness (QED) is 0.808. The molecule has 0 saturated carbocycles. The summed E-state index contributed by atoms with van der Waals surface area (Å²) in [6.45, 7) is 8.64. The number of nitrogens with one attached hydrogen (secondary N) is 2. The van der Waals surface area contributed by atoms with E-state index in [4.69, 9.17) is 0 Å². The number of imide groups is 1. The summed E-state index contributed by atoms with van der Waals surface area (Å²) < 4.78 is 4.41. The number of ether oxygens (including phenoxy) is 1. The van der Waals surface area contributed by atoms with Crippen LogP contribution in [0.25, 0.3) is 0 Å². The maximum atomic E-state index is 11.7. The molecule has 5 nitrogen and oxygen atoms in total. The van der Waals surface area contributed by atoms with Crippen molar-refractivity contribution in [2.75, 3.05) is 13.7 Å². The molecule has 128 valence electrons. The number of rotatable bonds is 7. The molecule has 1 rings (SSSR count). The molecule has 0 radical (unpaired) electrons. The molecular weight excluding hydrogens is 292 g/mol. The van der Waals surface area contributed by atoms with Gasteiger partial charge in [0.1, 0.15) is 0 Å². The van der Waals surface area contributed by atoms with Gasteiger partial charge in [0.2, 0.25) is 5.91 Å². The Labute approximate surface area is 138 Å². The van der Waals surface area contributed by atoms with Gasteiger partial charge in [-0.25, -0.2) is 4.79 Å². The first-order valence-corrected chi connectivity index (χ1v) is 8.10. The maximum absolute atomic E-state index is 11.7. The fourth-order valence-corrected chi connectivity index (χ4v) is 2.42. The molecule has 5 heteroatoms. The van der Waals surface area contributed by atoms with Gasteiger partial charge in [0.25, 0.3) is 0 Å². The van der Waals surface area contributed by atoms with Crippen LogP contribution in [0.1, 0.15) is 57.2 Å². The Balaban J connectivity index is 2.71. The van der Waals surface area contributed by atoms with E-state index in [-0.39, 0.29) is 12.6 Å². The lowest BCUT2D eigenvalue weighted by Gasteiger charge is -2.23. The molecule has 0 aromatic heterocycles. The van der Waals surface area contributed by atoms with Crippen LogP contribution >= 0.6 is 0 Å². The lowest BCUT2D eigenvalue weighted by Crippen LogP contribution is -2.39. The second kappa shape index (κ2) is 9.30. The third kappa shape index (κ3) is 6.02. The zero-order chi connectivity index (χ0) is 17.4. The summed E-state index contributed by atoms with van der Waals surface area (Å²) >= 11 is 0. The van der Waals surface area contributed by atoms with Gasteiger partial charge in [-0.05, 0) is 29.4 Å². The number of benzene rings is 1. The number of carbonyl (C=O) groups is 2. The Bertz CT molecular complexity index is 512. The molecule has 2 atom stereocenters. The van der Waals surface area contributed by atoms with Crippen molar-refractivity contribution < 1.29 is 14.3 Å². The number of hydrogen-bond acceptors (Lipinski definition) is 4. The molecule has 2 amide bonds. The van der Waals surface area contributed by atoms with Crippen molar-refractivity contribution in [2.24, 2.45) is 5.92 Å². The standard InChI is InChI=1S/C18H28N2O3/c1-6-13(4)14-7-9-15(10-8-14)17(12(2)3)19-11-16(21)20-18(22)23-5/h7-10,12-13,17,19H,6,11H2,1-5H3,(H,20,21,22)/t13-,17+/m0/s1. The molecule has 0 aliphatic heterocycles. The van der Waals surface area contributed by atoms with Gasteiger partial charge in [-0.15, -0.1) is 0 Å². The summed E-state index contributed by atoms with van der Waals surface area (Å²) in [6.07, 6.45) is 0.370. The van der Waals surface area contributed by atoms with E-state index < -0.39 is 12.0 Å². The molecule has 0 fully saturated rings. The van der Waals surface area contributed by atoms with Crippen LogP contribution in [0.4, 0.5) is 4.79 Å². The van der Waals surface area contributed by atoms with Gasteiger partial charge in [-0.3, -0.25) is 10.1 Å². The number of alkyl carbamates (subject to hydrolysis) is 1. The molecule has 1 aromatic carbocycles. The second-order valence-corrected chi connectivity index (χ2v) is 6.12. The highest BCUT2D eigenvalue weighted by atomic mass is 16.5. The van der Waals surface area contributed by atoms with Crippen molar-refractivity contribution in [3.05, 3.63) is 35.4 Å². The van der Waals surface area contributed by atoms with Gasteiger partial charge in [0.05, 0.1) is 13.7 Å². The van der Waals surface area contributed by atoms with Crippen LogP contribution in [0.15, 0.2) is 24.3 Å². The van der Waals surface area contributed by atoms with Crippen molar-refractivity contribution in [1.82, 2.24) is 10.6 Å². The third-order valence-electron chi connectivity index (χ3n) is 4.05. The number of amides is 2. The number of methoxy groups -OCH3 is 1. The summed E-state index contributed by atoms with van der Waals surface area (Å²) in [7, 11) is 1.23. The average molecular weight is 320 g/mol. The highest BCUT2D eigenvalue weighted by Gasteiger charge is 2.17. The average Bonchev–Trinajstić information content (AvgIpc) is 2.54. The summed E-state index contributed by atoms with van der Waals surface area (Å²) in [5, 5.41) is 5.35. The fraction of sp³-hybridized carbons (Fsp3) is 0.556. The van der Waals surface area contributed by atoms with Crippen molar-refractivity contribution in [1.29, 1.82) is 0 Å². The van der Waals surface area contributed by atoms with Gasteiger partial charge in [-0.2, -0.15) is 0 Å². The molecule has 0 bridgehead atoms. The highest BCUT2D eigenvalue weighted by molar-refractivity contribution is 5.92. The van der Waals surface area contributed by atoms with Gasteiger partial charge in [0.15, 0.2) is 0 Å². The van der Waals surface area contributed by atoms with E-state index in [1.165, 1.54) is 12.7 Å². The summed E-state index contributed by atoms with van der Waals surface area (Å²) in [6, 6.07) is 8.56. The van der Waals surface area contributed by atoms with E-state index in [0.717, 1.165) is 12.0 Å². The molecule has 0 heterocycles. The van der Waals surface area contributed by atoms with E-state index >= 15 is 0 Å². The molecule has 0 spiro atoms. The van der Waals surface area contributed by atoms with E-state index in [1.54, 1.807) is 0 Å². The van der Waals surface area contributed by atoms with Crippen LogP contribution in [0.2, 0.25) is 0 Å². The molecule has 23 heavy (non-hydrogen) atoms. The van der Waals surface area contributed by atoms with Gasteiger partial charge in [0, 0.05) is 6.04 Å². The minimum Gasteiger partial charge on any atom is -0.453 e. The Morgan fingerprint density at radius 3 is 2.13 bits per heavy atom. The normalized spacial score (nSPS) is 13.5. The highest BCUT2D eigenvalue weighted by Crippen LogP contribution is 2.25. The van der Waals surface area contributed by atoms with E-state index in [2.05, 4.69) is 67.3 Å². The smallest absolute Gasteiger partial charge is 0.413 e. The Hall–Kier alpha value is -1.88. The lowest BCUT2D eigenvalue weighted by molar-refractivity contribution is -0.119. The van der Waals surface area contributed by atoms with Crippen LogP contribution in [0.5, 0.6) is 0 Å².